The molecule has 0 aliphatic heterocycles. The van der Waals surface area contributed by atoms with Crippen LogP contribution in [-0.2, 0) is 0 Å². The summed E-state index contributed by atoms with van der Waals surface area (Å²) in [6, 6.07) is 28.0. The summed E-state index contributed by atoms with van der Waals surface area (Å²) in [4.78, 5) is 0. The van der Waals surface area contributed by atoms with Crippen molar-refractivity contribution in [3.63, 3.8) is 0 Å². The van der Waals surface area contributed by atoms with Gasteiger partial charge in [0.1, 0.15) is 11.5 Å². The van der Waals surface area contributed by atoms with Crippen LogP contribution in [0.4, 0.5) is 0 Å². The van der Waals surface area contributed by atoms with E-state index in [2.05, 4.69) is 26.9 Å². The molecule has 0 saturated heterocycles. The molecule has 30 heavy (non-hydrogen) atoms. The zero-order valence-electron chi connectivity index (χ0n) is 16.8. The first-order valence-electron chi connectivity index (χ1n) is 9.81. The lowest BCUT2D eigenvalue weighted by Crippen LogP contribution is -2.01. The fourth-order valence-corrected chi connectivity index (χ4v) is 3.89. The average molecular weight is 418 g/mol. The molecule has 0 radical (unpaired) electrons. The topological polar surface area (TPSA) is 49.2 Å². The van der Waals surface area contributed by atoms with E-state index in [1.54, 1.807) is 18.9 Å². The monoisotopic (exact) mass is 417 g/mol. The minimum Gasteiger partial charge on any atom is -0.497 e. The highest BCUT2D eigenvalue weighted by Gasteiger charge is 2.16. The molecule has 0 spiro atoms. The third-order valence-electron chi connectivity index (χ3n) is 4.53. The number of benzene rings is 3. The Hall–Kier alpha value is -3.25. The van der Waals surface area contributed by atoms with Crippen LogP contribution >= 0.6 is 11.8 Å². The molecule has 3 aromatic carbocycles. The van der Waals surface area contributed by atoms with Crippen LogP contribution in [0.3, 0.4) is 0 Å². The molecule has 0 aliphatic carbocycles. The number of para-hydroxylation sites is 2. The summed E-state index contributed by atoms with van der Waals surface area (Å²) < 4.78 is 13.2. The van der Waals surface area contributed by atoms with Gasteiger partial charge in [-0.2, -0.15) is 0 Å². The Labute approximate surface area is 180 Å². The number of thioether (sulfide) groups is 1. The third-order valence-corrected chi connectivity index (χ3v) is 5.54. The smallest absolute Gasteiger partial charge is 0.196 e. The number of hydrogen-bond donors (Lipinski definition) is 0. The van der Waals surface area contributed by atoms with Crippen molar-refractivity contribution in [2.24, 2.45) is 0 Å². The second-order valence-corrected chi connectivity index (χ2v) is 7.63. The molecule has 1 aromatic heterocycles. The molecule has 4 aromatic rings. The van der Waals surface area contributed by atoms with Crippen LogP contribution in [0.15, 0.2) is 90.1 Å². The van der Waals surface area contributed by atoms with E-state index in [0.717, 1.165) is 45.9 Å². The van der Waals surface area contributed by atoms with Gasteiger partial charge in [-0.1, -0.05) is 48.2 Å². The van der Waals surface area contributed by atoms with Gasteiger partial charge in [-0.05, 0) is 55.0 Å². The maximum Gasteiger partial charge on any atom is 0.196 e. The lowest BCUT2D eigenvalue weighted by Gasteiger charge is -2.11. The molecule has 0 aliphatic rings. The molecule has 4 rings (SSSR count). The molecule has 0 atom stereocenters. The second kappa shape index (κ2) is 9.98. The van der Waals surface area contributed by atoms with Crippen LogP contribution in [0, 0.1) is 0 Å². The first-order valence-corrected chi connectivity index (χ1v) is 10.8. The van der Waals surface area contributed by atoms with Crippen LogP contribution in [0.25, 0.3) is 17.1 Å². The van der Waals surface area contributed by atoms with Crippen molar-refractivity contribution < 1.29 is 9.47 Å². The predicted molar refractivity (Wildman–Crippen MR) is 121 cm³/mol. The zero-order valence-corrected chi connectivity index (χ0v) is 17.6. The summed E-state index contributed by atoms with van der Waals surface area (Å²) in [5.41, 5.74) is 2.03. The third kappa shape index (κ3) is 4.83. The molecule has 0 unspecified atom stereocenters. The maximum absolute atomic E-state index is 5.79. The van der Waals surface area contributed by atoms with Gasteiger partial charge in [0.05, 0.1) is 13.7 Å². The van der Waals surface area contributed by atoms with Gasteiger partial charge in [0.25, 0.3) is 0 Å². The van der Waals surface area contributed by atoms with Gasteiger partial charge < -0.3 is 9.47 Å². The Morgan fingerprint density at radius 2 is 1.50 bits per heavy atom. The first-order chi connectivity index (χ1) is 14.8. The van der Waals surface area contributed by atoms with Crippen molar-refractivity contribution >= 4 is 11.8 Å². The number of rotatable bonds is 9. The largest absolute Gasteiger partial charge is 0.497 e. The fourth-order valence-electron chi connectivity index (χ4n) is 3.03. The van der Waals surface area contributed by atoms with E-state index in [1.165, 1.54) is 0 Å². The Kier molecular flexibility index (Phi) is 6.67. The molecular formula is C24H23N3O2S. The summed E-state index contributed by atoms with van der Waals surface area (Å²) >= 11 is 1.68. The molecule has 0 saturated carbocycles. The fraction of sp³-hybridized carbons (Fsp3) is 0.167. The van der Waals surface area contributed by atoms with E-state index >= 15 is 0 Å². The molecular weight excluding hydrogens is 394 g/mol. The summed E-state index contributed by atoms with van der Waals surface area (Å²) in [5, 5.41) is 9.82. The lowest BCUT2D eigenvalue weighted by molar-refractivity contribution is 0.318. The second-order valence-electron chi connectivity index (χ2n) is 6.57. The van der Waals surface area contributed by atoms with Crippen molar-refractivity contribution in [3.8, 4) is 28.6 Å². The lowest BCUT2D eigenvalue weighted by atomic mass is 10.2. The van der Waals surface area contributed by atoms with Crippen LogP contribution < -0.4 is 9.47 Å². The van der Waals surface area contributed by atoms with Crippen molar-refractivity contribution in [1.82, 2.24) is 14.8 Å². The van der Waals surface area contributed by atoms with E-state index in [4.69, 9.17) is 9.47 Å². The maximum atomic E-state index is 5.79. The number of methoxy groups -OCH3 is 1. The van der Waals surface area contributed by atoms with Crippen molar-refractivity contribution in [2.75, 3.05) is 19.5 Å². The van der Waals surface area contributed by atoms with E-state index in [1.807, 2.05) is 72.8 Å². The van der Waals surface area contributed by atoms with Crippen LogP contribution in [0.5, 0.6) is 11.5 Å². The van der Waals surface area contributed by atoms with Gasteiger partial charge in [-0.15, -0.1) is 10.2 Å². The normalized spacial score (nSPS) is 10.7. The number of aromatic nitrogens is 3. The molecule has 0 N–H and O–H groups in total. The van der Waals surface area contributed by atoms with Gasteiger partial charge >= 0.3 is 0 Å². The van der Waals surface area contributed by atoms with Crippen LogP contribution in [0.1, 0.15) is 6.42 Å². The summed E-state index contributed by atoms with van der Waals surface area (Å²) in [6.07, 6.45) is 0.916. The minimum atomic E-state index is 0.668. The van der Waals surface area contributed by atoms with Gasteiger partial charge in [0, 0.05) is 17.0 Å². The van der Waals surface area contributed by atoms with E-state index in [-0.39, 0.29) is 0 Å². The zero-order chi connectivity index (χ0) is 20.6. The molecule has 152 valence electrons. The van der Waals surface area contributed by atoms with Crippen molar-refractivity contribution in [1.29, 1.82) is 0 Å². The number of ether oxygens (including phenoxy) is 2. The Morgan fingerprint density at radius 3 is 2.20 bits per heavy atom. The van der Waals surface area contributed by atoms with Gasteiger partial charge in [0.15, 0.2) is 11.0 Å². The standard InChI is InChI=1S/C24H23N3O2S/c1-28-21-15-13-19(14-16-21)23-25-26-24(27(23)20-9-4-2-5-10-20)30-18-8-17-29-22-11-6-3-7-12-22/h2-7,9-16H,8,17-18H2,1H3. The number of hydrogen-bond acceptors (Lipinski definition) is 5. The van der Waals surface area contributed by atoms with Crippen LogP contribution in [-0.4, -0.2) is 34.2 Å². The Bertz CT molecular complexity index is 1050. The summed E-state index contributed by atoms with van der Waals surface area (Å²) in [6.45, 7) is 0.668. The summed E-state index contributed by atoms with van der Waals surface area (Å²) in [5.74, 6) is 3.42. The quantitative estimate of drug-likeness (QED) is 0.266. The van der Waals surface area contributed by atoms with E-state index in [9.17, 15) is 0 Å². The molecule has 5 nitrogen and oxygen atoms in total. The molecule has 6 heteroatoms. The average Bonchev–Trinajstić information content (AvgIpc) is 3.24. The summed E-state index contributed by atoms with van der Waals surface area (Å²) in [7, 11) is 1.66. The van der Waals surface area contributed by atoms with Gasteiger partial charge in [-0.25, -0.2) is 0 Å². The van der Waals surface area contributed by atoms with Gasteiger partial charge in [0.2, 0.25) is 0 Å². The highest BCUT2D eigenvalue weighted by molar-refractivity contribution is 7.99. The SMILES string of the molecule is COc1ccc(-c2nnc(SCCCOc3ccccc3)n2-c2ccccc2)cc1. The minimum absolute atomic E-state index is 0.668. The van der Waals surface area contributed by atoms with Gasteiger partial charge in [-0.3, -0.25) is 4.57 Å². The first kappa shape index (κ1) is 20.0. The van der Waals surface area contributed by atoms with E-state index in [0.29, 0.717) is 6.61 Å². The van der Waals surface area contributed by atoms with Crippen molar-refractivity contribution in [3.05, 3.63) is 84.9 Å². The predicted octanol–water partition coefficient (Wildman–Crippen LogP) is 5.50. The van der Waals surface area contributed by atoms with E-state index < -0.39 is 0 Å². The Balaban J connectivity index is 1.49. The molecule has 0 fully saturated rings. The number of nitrogens with zero attached hydrogens (tertiary/aromatic N) is 3. The molecule has 1 heterocycles. The highest BCUT2D eigenvalue weighted by atomic mass is 32.2. The van der Waals surface area contributed by atoms with Crippen molar-refractivity contribution in [2.45, 2.75) is 11.6 Å². The molecule has 0 bridgehead atoms. The van der Waals surface area contributed by atoms with Crippen LogP contribution in [0.2, 0.25) is 0 Å². The Morgan fingerprint density at radius 1 is 0.800 bits per heavy atom. The molecule has 0 amide bonds. The highest BCUT2D eigenvalue weighted by Crippen LogP contribution is 2.29.